The molecule has 0 aliphatic carbocycles. The number of benzene rings is 1. The van der Waals surface area contributed by atoms with Gasteiger partial charge in [0.1, 0.15) is 5.75 Å². The number of oxime groups is 1. The number of nitrogens with zero attached hydrogens (tertiary/aromatic N) is 2. The molecule has 19 heavy (non-hydrogen) atoms. The number of rotatable bonds is 6. The average molecular weight is 267 g/mol. The highest BCUT2D eigenvalue weighted by atomic mass is 16.6. The van der Waals surface area contributed by atoms with Crippen LogP contribution < -0.4 is 10.5 Å². The fourth-order valence-electron chi connectivity index (χ4n) is 1.67. The molecule has 0 saturated heterocycles. The van der Waals surface area contributed by atoms with E-state index in [0.717, 1.165) is 12.8 Å². The third-order valence-electron chi connectivity index (χ3n) is 2.58. The molecule has 0 amide bonds. The molecule has 0 aliphatic rings. The van der Waals surface area contributed by atoms with Crippen molar-refractivity contribution in [3.8, 4) is 5.75 Å². The molecule has 0 aliphatic heterocycles. The van der Waals surface area contributed by atoms with Gasteiger partial charge in [-0.05, 0) is 19.4 Å². The fourth-order valence-corrected chi connectivity index (χ4v) is 1.67. The second-order valence-corrected chi connectivity index (χ2v) is 4.14. The van der Waals surface area contributed by atoms with Crippen LogP contribution in [0.1, 0.15) is 32.3 Å². The SMILES string of the molecule is CCCC(C)Oc1ccc([N+](=O)[O-])cc1/C(N)=N/O. The quantitative estimate of drug-likeness (QED) is 0.270. The van der Waals surface area contributed by atoms with Crippen molar-refractivity contribution < 1.29 is 14.9 Å². The largest absolute Gasteiger partial charge is 0.490 e. The van der Waals surface area contributed by atoms with Crippen molar-refractivity contribution >= 4 is 11.5 Å². The van der Waals surface area contributed by atoms with Crippen molar-refractivity contribution in [1.82, 2.24) is 0 Å². The highest BCUT2D eigenvalue weighted by Gasteiger charge is 2.16. The van der Waals surface area contributed by atoms with Crippen molar-refractivity contribution in [2.45, 2.75) is 32.8 Å². The first kappa shape index (κ1) is 14.7. The number of ether oxygens (including phenoxy) is 1. The van der Waals surface area contributed by atoms with E-state index in [4.69, 9.17) is 15.7 Å². The average Bonchev–Trinajstić information content (AvgIpc) is 2.38. The third-order valence-corrected chi connectivity index (χ3v) is 2.58. The summed E-state index contributed by atoms with van der Waals surface area (Å²) in [5.41, 5.74) is 5.58. The molecule has 104 valence electrons. The fraction of sp³-hybridized carbons (Fsp3) is 0.417. The van der Waals surface area contributed by atoms with Gasteiger partial charge < -0.3 is 15.7 Å². The summed E-state index contributed by atoms with van der Waals surface area (Å²) in [6, 6.07) is 4.00. The molecule has 1 rings (SSSR count). The van der Waals surface area contributed by atoms with E-state index >= 15 is 0 Å². The van der Waals surface area contributed by atoms with Crippen molar-refractivity contribution in [2.24, 2.45) is 10.9 Å². The summed E-state index contributed by atoms with van der Waals surface area (Å²) >= 11 is 0. The van der Waals surface area contributed by atoms with Gasteiger partial charge in [0.2, 0.25) is 0 Å². The van der Waals surface area contributed by atoms with Gasteiger partial charge in [-0.15, -0.1) is 0 Å². The van der Waals surface area contributed by atoms with Gasteiger partial charge >= 0.3 is 0 Å². The Kier molecular flexibility index (Phi) is 5.11. The summed E-state index contributed by atoms with van der Waals surface area (Å²) in [6.07, 6.45) is 1.73. The predicted molar refractivity (Wildman–Crippen MR) is 70.6 cm³/mol. The minimum absolute atomic E-state index is 0.0586. The van der Waals surface area contributed by atoms with Crippen LogP contribution in [0.5, 0.6) is 5.75 Å². The number of nitro benzene ring substituents is 1. The summed E-state index contributed by atoms with van der Waals surface area (Å²) in [5, 5.41) is 22.3. The van der Waals surface area contributed by atoms with Crippen LogP contribution in [0, 0.1) is 10.1 Å². The first-order chi connectivity index (χ1) is 8.99. The number of hydrogen-bond donors (Lipinski definition) is 2. The molecule has 1 unspecified atom stereocenters. The number of hydrogen-bond acceptors (Lipinski definition) is 5. The van der Waals surface area contributed by atoms with Gasteiger partial charge in [-0.1, -0.05) is 18.5 Å². The molecule has 0 heterocycles. The maximum absolute atomic E-state index is 10.7. The molecule has 1 aromatic carbocycles. The van der Waals surface area contributed by atoms with Crippen LogP contribution in [0.4, 0.5) is 5.69 Å². The molecule has 0 fully saturated rings. The lowest BCUT2D eigenvalue weighted by Crippen LogP contribution is -2.18. The summed E-state index contributed by atoms with van der Waals surface area (Å²) in [4.78, 5) is 10.2. The number of amidine groups is 1. The van der Waals surface area contributed by atoms with Crippen molar-refractivity contribution in [3.05, 3.63) is 33.9 Å². The van der Waals surface area contributed by atoms with Crippen molar-refractivity contribution in [3.63, 3.8) is 0 Å². The molecule has 0 radical (unpaired) electrons. The Morgan fingerprint density at radius 3 is 2.84 bits per heavy atom. The zero-order valence-electron chi connectivity index (χ0n) is 10.9. The van der Waals surface area contributed by atoms with E-state index in [2.05, 4.69) is 5.16 Å². The second-order valence-electron chi connectivity index (χ2n) is 4.14. The van der Waals surface area contributed by atoms with E-state index in [1.54, 1.807) is 0 Å². The molecule has 7 heteroatoms. The zero-order chi connectivity index (χ0) is 14.4. The number of nitro groups is 1. The van der Waals surface area contributed by atoms with Crippen LogP contribution >= 0.6 is 0 Å². The Balaban J connectivity index is 3.12. The van der Waals surface area contributed by atoms with Crippen LogP contribution in [-0.4, -0.2) is 22.1 Å². The maximum atomic E-state index is 10.7. The molecule has 0 bridgehead atoms. The van der Waals surface area contributed by atoms with Gasteiger partial charge in [0, 0.05) is 12.1 Å². The van der Waals surface area contributed by atoms with Crippen LogP contribution in [-0.2, 0) is 0 Å². The van der Waals surface area contributed by atoms with Gasteiger partial charge in [-0.25, -0.2) is 0 Å². The molecule has 0 saturated carbocycles. The van der Waals surface area contributed by atoms with Crippen molar-refractivity contribution in [1.29, 1.82) is 0 Å². The van der Waals surface area contributed by atoms with E-state index in [0.29, 0.717) is 5.75 Å². The van der Waals surface area contributed by atoms with Gasteiger partial charge in [-0.2, -0.15) is 0 Å². The summed E-state index contributed by atoms with van der Waals surface area (Å²) in [5.74, 6) is 0.143. The van der Waals surface area contributed by atoms with Gasteiger partial charge in [0.25, 0.3) is 5.69 Å². The Morgan fingerprint density at radius 2 is 2.32 bits per heavy atom. The lowest BCUT2D eigenvalue weighted by atomic mass is 10.1. The monoisotopic (exact) mass is 267 g/mol. The Hall–Kier alpha value is -2.31. The second kappa shape index (κ2) is 6.58. The molecular weight excluding hydrogens is 250 g/mol. The Labute approximate surface area is 110 Å². The van der Waals surface area contributed by atoms with E-state index in [9.17, 15) is 10.1 Å². The lowest BCUT2D eigenvalue weighted by Gasteiger charge is -2.16. The van der Waals surface area contributed by atoms with Crippen LogP contribution in [0.15, 0.2) is 23.4 Å². The minimum atomic E-state index is -0.548. The zero-order valence-corrected chi connectivity index (χ0v) is 10.9. The van der Waals surface area contributed by atoms with Gasteiger partial charge in [-0.3, -0.25) is 10.1 Å². The molecular formula is C12H17N3O4. The lowest BCUT2D eigenvalue weighted by molar-refractivity contribution is -0.384. The molecule has 1 aromatic rings. The van der Waals surface area contributed by atoms with Crippen LogP contribution in [0.3, 0.4) is 0 Å². The summed E-state index contributed by atoms with van der Waals surface area (Å²) in [6.45, 7) is 3.92. The van der Waals surface area contributed by atoms with E-state index in [1.807, 2.05) is 13.8 Å². The van der Waals surface area contributed by atoms with E-state index in [-0.39, 0.29) is 23.2 Å². The minimum Gasteiger partial charge on any atom is -0.490 e. The molecule has 3 N–H and O–H groups in total. The van der Waals surface area contributed by atoms with E-state index < -0.39 is 4.92 Å². The maximum Gasteiger partial charge on any atom is 0.270 e. The Morgan fingerprint density at radius 1 is 1.63 bits per heavy atom. The number of nitrogens with two attached hydrogens (primary N) is 1. The van der Waals surface area contributed by atoms with Gasteiger partial charge in [0.15, 0.2) is 5.84 Å². The topological polar surface area (TPSA) is 111 Å². The van der Waals surface area contributed by atoms with Crippen LogP contribution in [0.2, 0.25) is 0 Å². The summed E-state index contributed by atoms with van der Waals surface area (Å²) < 4.78 is 5.65. The van der Waals surface area contributed by atoms with Crippen molar-refractivity contribution in [2.75, 3.05) is 0 Å². The smallest absolute Gasteiger partial charge is 0.270 e. The normalized spacial score (nSPS) is 13.1. The van der Waals surface area contributed by atoms with Crippen LogP contribution in [0.25, 0.3) is 0 Å². The predicted octanol–water partition coefficient (Wildman–Crippen LogP) is 2.26. The third kappa shape index (κ3) is 3.84. The van der Waals surface area contributed by atoms with Gasteiger partial charge in [0.05, 0.1) is 16.6 Å². The summed E-state index contributed by atoms with van der Waals surface area (Å²) in [7, 11) is 0. The Bertz CT molecular complexity index is 488. The first-order valence-corrected chi connectivity index (χ1v) is 5.92. The highest BCUT2D eigenvalue weighted by molar-refractivity contribution is 6.00. The van der Waals surface area contributed by atoms with E-state index in [1.165, 1.54) is 18.2 Å². The standard InChI is InChI=1S/C12H17N3O4/c1-3-4-8(2)19-11-6-5-9(15(17)18)7-10(11)12(13)14-16/h5-8,16H,3-4H2,1-2H3,(H2,13,14). The first-order valence-electron chi connectivity index (χ1n) is 5.92. The molecule has 1 atom stereocenters. The molecule has 7 nitrogen and oxygen atoms in total. The highest BCUT2D eigenvalue weighted by Crippen LogP contribution is 2.25. The number of non-ortho nitro benzene ring substituents is 1. The molecule has 0 aromatic heterocycles. The molecule has 0 spiro atoms.